The van der Waals surface area contributed by atoms with Crippen LogP contribution in [0.5, 0.6) is 0 Å². The number of benzene rings is 2. The zero-order valence-electron chi connectivity index (χ0n) is 18.9. The summed E-state index contributed by atoms with van der Waals surface area (Å²) in [5, 5.41) is 0.985. The van der Waals surface area contributed by atoms with Crippen LogP contribution in [-0.2, 0) is 11.3 Å². The number of nitrogens with zero attached hydrogens (tertiary/aromatic N) is 5. The van der Waals surface area contributed by atoms with Crippen LogP contribution in [0.2, 0.25) is 0 Å². The Morgan fingerprint density at radius 2 is 1.62 bits per heavy atom. The molecule has 2 amide bonds. The SMILES string of the molecule is CN(C)C(=O)c1cccc(N(Cc2ccc3ccccc3n2)C(=O)CC(=O)c2ncccn2)c1. The molecule has 0 bridgehead atoms. The van der Waals surface area contributed by atoms with Gasteiger partial charge >= 0.3 is 0 Å². The number of ketones is 1. The lowest BCUT2D eigenvalue weighted by molar-refractivity contribution is -0.117. The van der Waals surface area contributed by atoms with Gasteiger partial charge in [0.15, 0.2) is 5.82 Å². The Balaban J connectivity index is 1.68. The fraction of sp³-hybridized carbons (Fsp3) is 0.154. The van der Waals surface area contributed by atoms with Crippen LogP contribution in [0.25, 0.3) is 10.9 Å². The summed E-state index contributed by atoms with van der Waals surface area (Å²) in [6.07, 6.45) is 2.50. The van der Waals surface area contributed by atoms with E-state index in [9.17, 15) is 14.4 Å². The van der Waals surface area contributed by atoms with Crippen molar-refractivity contribution in [3.05, 3.63) is 96.2 Å². The minimum atomic E-state index is -0.484. The minimum Gasteiger partial charge on any atom is -0.345 e. The van der Waals surface area contributed by atoms with Gasteiger partial charge in [-0.2, -0.15) is 0 Å². The van der Waals surface area contributed by atoms with Crippen molar-refractivity contribution in [1.29, 1.82) is 0 Å². The van der Waals surface area contributed by atoms with Crippen molar-refractivity contribution in [2.75, 3.05) is 19.0 Å². The van der Waals surface area contributed by atoms with Crippen molar-refractivity contribution in [2.24, 2.45) is 0 Å². The highest BCUT2D eigenvalue weighted by Gasteiger charge is 2.23. The van der Waals surface area contributed by atoms with E-state index in [4.69, 9.17) is 0 Å². The van der Waals surface area contributed by atoms with E-state index in [1.54, 1.807) is 44.4 Å². The number of hydrogen-bond acceptors (Lipinski definition) is 6. The monoisotopic (exact) mass is 453 g/mol. The molecule has 170 valence electrons. The Kier molecular flexibility index (Phi) is 6.68. The second-order valence-electron chi connectivity index (χ2n) is 7.90. The summed E-state index contributed by atoms with van der Waals surface area (Å²) in [6, 6.07) is 19.9. The zero-order valence-corrected chi connectivity index (χ0v) is 18.9. The number of rotatable bonds is 7. The van der Waals surface area contributed by atoms with Gasteiger partial charge in [0.1, 0.15) is 0 Å². The number of carbonyl (C=O) groups is 3. The predicted molar refractivity (Wildman–Crippen MR) is 128 cm³/mol. The molecule has 2 heterocycles. The van der Waals surface area contributed by atoms with Crippen LogP contribution >= 0.6 is 0 Å². The van der Waals surface area contributed by atoms with Crippen LogP contribution in [0.1, 0.15) is 33.1 Å². The summed E-state index contributed by atoms with van der Waals surface area (Å²) in [7, 11) is 3.32. The summed E-state index contributed by atoms with van der Waals surface area (Å²) in [4.78, 5) is 54.0. The molecule has 4 aromatic rings. The van der Waals surface area contributed by atoms with Gasteiger partial charge in [-0.1, -0.05) is 30.3 Å². The Morgan fingerprint density at radius 3 is 2.38 bits per heavy atom. The first-order valence-electron chi connectivity index (χ1n) is 10.7. The third-order valence-electron chi connectivity index (χ3n) is 5.22. The molecule has 0 aliphatic heterocycles. The van der Waals surface area contributed by atoms with Gasteiger partial charge in [-0.25, -0.2) is 9.97 Å². The summed E-state index contributed by atoms with van der Waals surface area (Å²) in [6.45, 7) is 0.131. The number of amides is 2. The molecule has 0 atom stereocenters. The summed E-state index contributed by atoms with van der Waals surface area (Å²) in [5.41, 5.74) is 2.39. The molecule has 4 rings (SSSR count). The molecule has 0 spiro atoms. The van der Waals surface area contributed by atoms with Crippen molar-refractivity contribution in [1.82, 2.24) is 19.9 Å². The molecule has 34 heavy (non-hydrogen) atoms. The van der Waals surface area contributed by atoms with E-state index in [1.807, 2.05) is 36.4 Å². The number of hydrogen-bond donors (Lipinski definition) is 0. The fourth-order valence-corrected chi connectivity index (χ4v) is 3.50. The third kappa shape index (κ3) is 5.12. The number of para-hydroxylation sites is 1. The van der Waals surface area contributed by atoms with Crippen LogP contribution in [0.4, 0.5) is 5.69 Å². The summed E-state index contributed by atoms with van der Waals surface area (Å²) < 4.78 is 0. The molecule has 8 nitrogen and oxygen atoms in total. The highest BCUT2D eigenvalue weighted by atomic mass is 16.2. The van der Waals surface area contributed by atoms with Gasteiger partial charge < -0.3 is 9.80 Å². The summed E-state index contributed by atoms with van der Waals surface area (Å²) >= 11 is 0. The Hall–Kier alpha value is -4.46. The Labute approximate surface area is 196 Å². The van der Waals surface area contributed by atoms with Crippen LogP contribution in [-0.4, -0.2) is 51.5 Å². The van der Waals surface area contributed by atoms with Crippen LogP contribution < -0.4 is 4.90 Å². The van der Waals surface area contributed by atoms with Gasteiger partial charge in [-0.3, -0.25) is 19.4 Å². The molecule has 0 fully saturated rings. The fourth-order valence-electron chi connectivity index (χ4n) is 3.50. The lowest BCUT2D eigenvalue weighted by Gasteiger charge is -2.23. The largest absolute Gasteiger partial charge is 0.345 e. The number of pyridine rings is 1. The lowest BCUT2D eigenvalue weighted by atomic mass is 10.1. The van der Waals surface area contributed by atoms with Crippen LogP contribution in [0.15, 0.2) is 79.1 Å². The maximum Gasteiger partial charge on any atom is 0.253 e. The zero-order chi connectivity index (χ0) is 24.1. The molecule has 2 aromatic heterocycles. The maximum atomic E-state index is 13.3. The van der Waals surface area contributed by atoms with Gasteiger partial charge in [0.2, 0.25) is 11.7 Å². The molecule has 8 heteroatoms. The van der Waals surface area contributed by atoms with Gasteiger partial charge in [0.25, 0.3) is 5.91 Å². The van der Waals surface area contributed by atoms with E-state index in [-0.39, 0.29) is 18.3 Å². The number of anilines is 1. The first-order chi connectivity index (χ1) is 16.4. The molecule has 0 radical (unpaired) electrons. The van der Waals surface area contributed by atoms with E-state index in [2.05, 4.69) is 15.0 Å². The van der Waals surface area contributed by atoms with Gasteiger partial charge in [-0.05, 0) is 36.4 Å². The standard InChI is InChI=1S/C26H23N5O3/c1-30(2)26(34)19-8-5-9-21(15-19)31(24(33)16-23(32)25-27-13-6-14-28-25)17-20-12-11-18-7-3-4-10-22(18)29-20/h3-15H,16-17H2,1-2H3. The Morgan fingerprint density at radius 1 is 0.853 bits per heavy atom. The van der Waals surface area contributed by atoms with E-state index in [1.165, 1.54) is 22.2 Å². The highest BCUT2D eigenvalue weighted by Crippen LogP contribution is 2.22. The normalized spacial score (nSPS) is 10.6. The minimum absolute atomic E-state index is 0.0174. The molecule has 0 saturated heterocycles. The van der Waals surface area contributed by atoms with E-state index in [0.717, 1.165) is 10.9 Å². The smallest absolute Gasteiger partial charge is 0.253 e. The third-order valence-corrected chi connectivity index (χ3v) is 5.22. The Bertz CT molecular complexity index is 1350. The second-order valence-corrected chi connectivity index (χ2v) is 7.90. The van der Waals surface area contributed by atoms with E-state index >= 15 is 0 Å². The van der Waals surface area contributed by atoms with Crippen molar-refractivity contribution in [3.63, 3.8) is 0 Å². The molecule has 0 unspecified atom stereocenters. The van der Waals surface area contributed by atoms with Crippen molar-refractivity contribution < 1.29 is 14.4 Å². The highest BCUT2D eigenvalue weighted by molar-refractivity contribution is 6.10. The number of aromatic nitrogens is 3. The molecule has 0 aliphatic carbocycles. The molecule has 2 aromatic carbocycles. The lowest BCUT2D eigenvalue weighted by Crippen LogP contribution is -2.33. The quantitative estimate of drug-likeness (QED) is 0.314. The predicted octanol–water partition coefficient (Wildman–Crippen LogP) is 3.53. The van der Waals surface area contributed by atoms with E-state index < -0.39 is 18.1 Å². The van der Waals surface area contributed by atoms with Gasteiger partial charge in [-0.15, -0.1) is 0 Å². The second kappa shape index (κ2) is 9.99. The molecule has 0 N–H and O–H groups in total. The summed E-state index contributed by atoms with van der Waals surface area (Å²) in [5.74, 6) is -1.13. The first kappa shape index (κ1) is 22.7. The molecule has 0 aliphatic rings. The van der Waals surface area contributed by atoms with Crippen molar-refractivity contribution in [2.45, 2.75) is 13.0 Å². The molecule has 0 saturated carbocycles. The van der Waals surface area contributed by atoms with Crippen molar-refractivity contribution in [3.8, 4) is 0 Å². The topological polar surface area (TPSA) is 96.4 Å². The molecular formula is C26H23N5O3. The molecular weight excluding hydrogens is 430 g/mol. The number of carbonyl (C=O) groups excluding carboxylic acids is 3. The average molecular weight is 454 g/mol. The maximum absolute atomic E-state index is 13.3. The average Bonchev–Trinajstić information content (AvgIpc) is 2.87. The van der Waals surface area contributed by atoms with Gasteiger partial charge in [0.05, 0.1) is 24.2 Å². The number of Topliss-reactive ketones (excluding diaryl/α,β-unsaturated/α-hetero) is 1. The van der Waals surface area contributed by atoms with Crippen LogP contribution in [0, 0.1) is 0 Å². The van der Waals surface area contributed by atoms with Crippen LogP contribution in [0.3, 0.4) is 0 Å². The first-order valence-corrected chi connectivity index (χ1v) is 10.7. The van der Waals surface area contributed by atoms with Gasteiger partial charge in [0, 0.05) is 43.1 Å². The van der Waals surface area contributed by atoms with E-state index in [0.29, 0.717) is 16.9 Å². The number of fused-ring (bicyclic) bond motifs is 1. The van der Waals surface area contributed by atoms with Crippen molar-refractivity contribution >= 4 is 34.2 Å².